The standard InChI is InChI=1S/C16H25N3O2/c17-16(10-6-3-7-11-16)12-18-13(20)15(14(21)19-12)8-4-1-2-5-9-15/h1-11,17H2,(H,18,19,20,21). The maximum Gasteiger partial charge on any atom is 0.263 e. The van der Waals surface area contributed by atoms with Crippen molar-refractivity contribution >= 4 is 17.6 Å². The molecule has 2 saturated carbocycles. The Morgan fingerprint density at radius 3 is 1.95 bits per heavy atom. The molecular weight excluding hydrogens is 266 g/mol. The quantitative estimate of drug-likeness (QED) is 0.725. The van der Waals surface area contributed by atoms with Gasteiger partial charge < -0.3 is 11.1 Å². The van der Waals surface area contributed by atoms with Crippen molar-refractivity contribution < 1.29 is 9.59 Å². The third-order valence-electron chi connectivity index (χ3n) is 5.46. The van der Waals surface area contributed by atoms with E-state index in [1.165, 1.54) is 0 Å². The number of rotatable bonds is 1. The molecule has 0 radical (unpaired) electrons. The number of amidine groups is 1. The summed E-state index contributed by atoms with van der Waals surface area (Å²) in [7, 11) is 0. The maximum atomic E-state index is 12.7. The fraction of sp³-hybridized carbons (Fsp3) is 0.812. The minimum atomic E-state index is -0.912. The van der Waals surface area contributed by atoms with Crippen LogP contribution in [-0.2, 0) is 9.59 Å². The first-order valence-electron chi connectivity index (χ1n) is 8.31. The van der Waals surface area contributed by atoms with Gasteiger partial charge in [-0.05, 0) is 25.7 Å². The summed E-state index contributed by atoms with van der Waals surface area (Å²) in [5.41, 5.74) is 4.88. The van der Waals surface area contributed by atoms with Gasteiger partial charge >= 0.3 is 0 Å². The van der Waals surface area contributed by atoms with Crippen LogP contribution in [0.1, 0.15) is 70.6 Å². The zero-order valence-electron chi connectivity index (χ0n) is 12.6. The minimum Gasteiger partial charge on any atom is -0.319 e. The number of carbonyl (C=O) groups excluding carboxylic acids is 2. The highest BCUT2D eigenvalue weighted by atomic mass is 16.2. The third kappa shape index (κ3) is 2.52. The van der Waals surface area contributed by atoms with E-state index in [0.717, 1.165) is 57.8 Å². The predicted molar refractivity (Wildman–Crippen MR) is 80.7 cm³/mol. The zero-order valence-corrected chi connectivity index (χ0v) is 12.6. The van der Waals surface area contributed by atoms with Gasteiger partial charge in [0, 0.05) is 0 Å². The number of nitrogens with zero attached hydrogens (tertiary/aromatic N) is 1. The molecule has 21 heavy (non-hydrogen) atoms. The highest BCUT2D eigenvalue weighted by Gasteiger charge is 2.50. The molecule has 0 atom stereocenters. The van der Waals surface area contributed by atoms with Crippen LogP contribution >= 0.6 is 0 Å². The fourth-order valence-corrected chi connectivity index (χ4v) is 3.99. The smallest absolute Gasteiger partial charge is 0.263 e. The second-order valence-corrected chi connectivity index (χ2v) is 6.93. The number of nitrogens with two attached hydrogens (primary N) is 1. The van der Waals surface area contributed by atoms with Crippen molar-refractivity contribution in [1.82, 2.24) is 5.32 Å². The van der Waals surface area contributed by atoms with Crippen LogP contribution in [-0.4, -0.2) is 23.2 Å². The zero-order chi connectivity index (χ0) is 14.9. The van der Waals surface area contributed by atoms with Gasteiger partial charge in [-0.25, -0.2) is 0 Å². The molecule has 1 aliphatic heterocycles. The van der Waals surface area contributed by atoms with Crippen molar-refractivity contribution in [2.45, 2.75) is 76.2 Å². The molecule has 1 spiro atoms. The van der Waals surface area contributed by atoms with Gasteiger partial charge in [0.15, 0.2) is 0 Å². The van der Waals surface area contributed by atoms with E-state index in [2.05, 4.69) is 10.3 Å². The van der Waals surface area contributed by atoms with Gasteiger partial charge in [0.2, 0.25) is 5.91 Å². The normalized spacial score (nSPS) is 28.7. The van der Waals surface area contributed by atoms with E-state index in [4.69, 9.17) is 5.73 Å². The van der Waals surface area contributed by atoms with Crippen molar-refractivity contribution in [2.75, 3.05) is 0 Å². The fourth-order valence-electron chi connectivity index (χ4n) is 3.99. The molecule has 3 N–H and O–H groups in total. The molecule has 3 aliphatic rings. The molecule has 0 aromatic carbocycles. The predicted octanol–water partition coefficient (Wildman–Crippen LogP) is 2.04. The first-order chi connectivity index (χ1) is 10.1. The van der Waals surface area contributed by atoms with Crippen LogP contribution in [0.2, 0.25) is 0 Å². The molecule has 1 heterocycles. The summed E-state index contributed by atoms with van der Waals surface area (Å²) in [6, 6.07) is 0. The minimum absolute atomic E-state index is 0.158. The molecule has 0 unspecified atom stereocenters. The van der Waals surface area contributed by atoms with Crippen LogP contribution in [0.3, 0.4) is 0 Å². The lowest BCUT2D eigenvalue weighted by Gasteiger charge is -2.39. The maximum absolute atomic E-state index is 12.7. The topological polar surface area (TPSA) is 84.5 Å². The first-order valence-corrected chi connectivity index (χ1v) is 8.31. The van der Waals surface area contributed by atoms with Crippen molar-refractivity contribution in [3.8, 4) is 0 Å². The molecule has 3 rings (SSSR count). The van der Waals surface area contributed by atoms with Crippen LogP contribution < -0.4 is 11.1 Å². The molecular formula is C16H25N3O2. The second kappa shape index (κ2) is 5.52. The summed E-state index contributed by atoms with van der Waals surface area (Å²) in [5.74, 6) is 0.0143. The summed E-state index contributed by atoms with van der Waals surface area (Å²) in [6.07, 6.45) is 10.1. The SMILES string of the molecule is NC1(C2=NC(=O)C3(CCCCCC3)C(=O)N2)CCCCC1. The van der Waals surface area contributed by atoms with Gasteiger partial charge in [0.1, 0.15) is 11.3 Å². The summed E-state index contributed by atoms with van der Waals surface area (Å²) < 4.78 is 0. The number of hydrogen-bond acceptors (Lipinski definition) is 3. The van der Waals surface area contributed by atoms with E-state index in [-0.39, 0.29) is 11.8 Å². The molecule has 2 aliphatic carbocycles. The van der Waals surface area contributed by atoms with Gasteiger partial charge in [0.05, 0.1) is 5.54 Å². The Morgan fingerprint density at radius 1 is 0.857 bits per heavy atom. The summed E-state index contributed by atoms with van der Waals surface area (Å²) in [6.45, 7) is 0. The Balaban J connectivity index is 1.87. The number of amides is 2. The van der Waals surface area contributed by atoms with Crippen LogP contribution in [0, 0.1) is 5.41 Å². The van der Waals surface area contributed by atoms with Crippen molar-refractivity contribution in [3.05, 3.63) is 0 Å². The molecule has 2 amide bonds. The number of hydrogen-bond donors (Lipinski definition) is 2. The highest BCUT2D eigenvalue weighted by Crippen LogP contribution is 2.39. The molecule has 0 aromatic heterocycles. The van der Waals surface area contributed by atoms with Gasteiger partial charge in [-0.1, -0.05) is 44.9 Å². The lowest BCUT2D eigenvalue weighted by molar-refractivity contribution is -0.142. The van der Waals surface area contributed by atoms with Gasteiger partial charge in [0.25, 0.3) is 5.91 Å². The molecule has 0 saturated heterocycles. The summed E-state index contributed by atoms with van der Waals surface area (Å²) in [5, 5.41) is 2.91. The third-order valence-corrected chi connectivity index (χ3v) is 5.46. The van der Waals surface area contributed by atoms with E-state index in [1.807, 2.05) is 0 Å². The first kappa shape index (κ1) is 14.7. The Kier molecular flexibility index (Phi) is 3.86. The Hall–Kier alpha value is -1.23. The second-order valence-electron chi connectivity index (χ2n) is 6.93. The van der Waals surface area contributed by atoms with E-state index in [1.54, 1.807) is 0 Å². The van der Waals surface area contributed by atoms with E-state index in [0.29, 0.717) is 18.7 Å². The van der Waals surface area contributed by atoms with Crippen molar-refractivity contribution in [1.29, 1.82) is 0 Å². The molecule has 5 nitrogen and oxygen atoms in total. The lowest BCUT2D eigenvalue weighted by Crippen LogP contribution is -2.62. The van der Waals surface area contributed by atoms with Crippen LogP contribution in [0.25, 0.3) is 0 Å². The lowest BCUT2D eigenvalue weighted by atomic mass is 9.75. The van der Waals surface area contributed by atoms with Crippen molar-refractivity contribution in [2.24, 2.45) is 16.1 Å². The molecule has 116 valence electrons. The van der Waals surface area contributed by atoms with Crippen LogP contribution in [0.5, 0.6) is 0 Å². The van der Waals surface area contributed by atoms with Crippen LogP contribution in [0.4, 0.5) is 0 Å². The Labute approximate surface area is 125 Å². The Morgan fingerprint density at radius 2 is 1.38 bits per heavy atom. The summed E-state index contributed by atoms with van der Waals surface area (Å²) >= 11 is 0. The van der Waals surface area contributed by atoms with Gasteiger partial charge in [-0.2, -0.15) is 4.99 Å². The summed E-state index contributed by atoms with van der Waals surface area (Å²) in [4.78, 5) is 29.6. The molecule has 0 aromatic rings. The van der Waals surface area contributed by atoms with E-state index in [9.17, 15) is 9.59 Å². The Bertz CT molecular complexity index is 470. The van der Waals surface area contributed by atoms with Gasteiger partial charge in [-0.15, -0.1) is 0 Å². The monoisotopic (exact) mass is 291 g/mol. The van der Waals surface area contributed by atoms with E-state index < -0.39 is 11.0 Å². The van der Waals surface area contributed by atoms with Crippen molar-refractivity contribution in [3.63, 3.8) is 0 Å². The number of aliphatic imine (C=N–C) groups is 1. The highest BCUT2D eigenvalue weighted by molar-refractivity contribution is 6.20. The largest absolute Gasteiger partial charge is 0.319 e. The van der Waals surface area contributed by atoms with E-state index >= 15 is 0 Å². The number of nitrogens with one attached hydrogen (secondary N) is 1. The van der Waals surface area contributed by atoms with Crippen LogP contribution in [0.15, 0.2) is 4.99 Å². The van der Waals surface area contributed by atoms with Gasteiger partial charge in [-0.3, -0.25) is 9.59 Å². The molecule has 0 bridgehead atoms. The molecule has 5 heteroatoms. The molecule has 2 fully saturated rings. The average molecular weight is 291 g/mol. The average Bonchev–Trinajstić information content (AvgIpc) is 2.72. The number of carbonyl (C=O) groups is 2.